The Labute approximate surface area is 151 Å². The summed E-state index contributed by atoms with van der Waals surface area (Å²) in [5, 5.41) is 21.4. The molecule has 2 N–H and O–H groups in total. The normalized spacial score (nSPS) is 23.7. The molecule has 0 bridgehead atoms. The highest BCUT2D eigenvalue weighted by molar-refractivity contribution is 6.14. The average molecular weight is 352 g/mol. The number of ketones is 1. The molecule has 2 aromatic rings. The zero-order valence-electron chi connectivity index (χ0n) is 14.5. The van der Waals surface area contributed by atoms with Crippen LogP contribution in [0.25, 0.3) is 0 Å². The zero-order valence-corrected chi connectivity index (χ0v) is 14.5. The molecule has 1 heterocycles. The van der Waals surface area contributed by atoms with Gasteiger partial charge in [-0.1, -0.05) is 30.3 Å². The molecule has 2 unspecified atom stereocenters. The molecule has 2 aromatic carbocycles. The van der Waals surface area contributed by atoms with E-state index in [-0.39, 0.29) is 28.5 Å². The lowest BCUT2D eigenvalue weighted by Crippen LogP contribution is -2.41. The van der Waals surface area contributed by atoms with Crippen LogP contribution in [0.1, 0.15) is 58.0 Å². The molecule has 2 atom stereocenters. The van der Waals surface area contributed by atoms with Gasteiger partial charge in [0.1, 0.15) is 28.4 Å². The molecule has 1 fully saturated rings. The van der Waals surface area contributed by atoms with Crippen LogP contribution in [0.2, 0.25) is 0 Å². The summed E-state index contributed by atoms with van der Waals surface area (Å²) in [5.74, 6) is -0.910. The van der Waals surface area contributed by atoms with Gasteiger partial charge in [-0.3, -0.25) is 9.59 Å². The largest absolute Gasteiger partial charge is 0.507 e. The lowest BCUT2D eigenvalue weighted by Gasteiger charge is -2.39. The predicted molar refractivity (Wildman–Crippen MR) is 95.1 cm³/mol. The number of fused-ring (bicyclic) bond motifs is 2. The summed E-state index contributed by atoms with van der Waals surface area (Å²) < 4.78 is 6.10. The Morgan fingerprint density at radius 3 is 2.65 bits per heavy atom. The molecule has 1 aliphatic carbocycles. The van der Waals surface area contributed by atoms with E-state index in [2.05, 4.69) is 0 Å². The van der Waals surface area contributed by atoms with Crippen molar-refractivity contribution in [3.63, 3.8) is 0 Å². The highest BCUT2D eigenvalue weighted by atomic mass is 16.5. The molecule has 1 saturated carbocycles. The number of benzene rings is 2. The molecule has 0 aromatic heterocycles. The Balaban J connectivity index is 1.91. The Kier molecular flexibility index (Phi) is 3.75. The van der Waals surface area contributed by atoms with E-state index >= 15 is 0 Å². The van der Waals surface area contributed by atoms with E-state index in [1.165, 1.54) is 0 Å². The molecule has 26 heavy (non-hydrogen) atoms. The predicted octanol–water partition coefficient (Wildman–Crippen LogP) is 3.64. The van der Waals surface area contributed by atoms with Gasteiger partial charge in [-0.2, -0.15) is 0 Å². The average Bonchev–Trinajstić information content (AvgIpc) is 3.02. The van der Waals surface area contributed by atoms with Crippen molar-refractivity contribution < 1.29 is 24.5 Å². The van der Waals surface area contributed by atoms with E-state index in [4.69, 9.17) is 4.74 Å². The van der Waals surface area contributed by atoms with Gasteiger partial charge in [-0.15, -0.1) is 0 Å². The zero-order chi connectivity index (χ0) is 18.5. The maximum Gasteiger partial charge on any atom is 0.200 e. The number of aldehydes is 1. The fourth-order valence-corrected chi connectivity index (χ4v) is 4.28. The first-order valence-electron chi connectivity index (χ1n) is 8.81. The number of carbonyl (C=O) groups excluding carboxylic acids is 2. The van der Waals surface area contributed by atoms with Crippen LogP contribution in [0.3, 0.4) is 0 Å². The van der Waals surface area contributed by atoms with Crippen LogP contribution >= 0.6 is 0 Å². The lowest BCUT2D eigenvalue weighted by molar-refractivity contribution is 0.0306. The molecule has 134 valence electrons. The number of aromatic hydroxyl groups is 2. The minimum atomic E-state index is -0.523. The summed E-state index contributed by atoms with van der Waals surface area (Å²) in [6.07, 6.45) is 3.85. The molecule has 0 spiro atoms. The van der Waals surface area contributed by atoms with Gasteiger partial charge in [0.15, 0.2) is 6.29 Å². The number of hydrogen-bond acceptors (Lipinski definition) is 5. The third-order valence-corrected chi connectivity index (χ3v) is 5.79. The van der Waals surface area contributed by atoms with Crippen LogP contribution in [-0.2, 0) is 6.42 Å². The number of carbonyl (C=O) groups is 2. The summed E-state index contributed by atoms with van der Waals surface area (Å²) in [4.78, 5) is 24.5. The molecular weight excluding hydrogens is 332 g/mol. The highest BCUT2D eigenvalue weighted by Crippen LogP contribution is 2.52. The second-order valence-corrected chi connectivity index (χ2v) is 7.31. The minimum absolute atomic E-state index is 0.0661. The molecule has 4 rings (SSSR count). The number of rotatable bonds is 3. The van der Waals surface area contributed by atoms with Gasteiger partial charge in [-0.25, -0.2) is 0 Å². The van der Waals surface area contributed by atoms with Crippen molar-refractivity contribution in [1.82, 2.24) is 0 Å². The monoisotopic (exact) mass is 352 g/mol. The van der Waals surface area contributed by atoms with Gasteiger partial charge < -0.3 is 14.9 Å². The maximum absolute atomic E-state index is 12.9. The van der Waals surface area contributed by atoms with Crippen LogP contribution in [0.5, 0.6) is 17.2 Å². The third kappa shape index (κ3) is 2.30. The summed E-state index contributed by atoms with van der Waals surface area (Å²) in [6, 6.07) is 8.38. The lowest BCUT2D eigenvalue weighted by atomic mass is 9.81. The Morgan fingerprint density at radius 2 is 1.96 bits per heavy atom. The second-order valence-electron chi connectivity index (χ2n) is 7.31. The molecule has 2 aliphatic rings. The number of phenols is 2. The molecule has 0 saturated heterocycles. The van der Waals surface area contributed by atoms with Crippen molar-refractivity contribution in [1.29, 1.82) is 0 Å². The van der Waals surface area contributed by atoms with Gasteiger partial charge in [0.25, 0.3) is 0 Å². The van der Waals surface area contributed by atoms with E-state index in [1.54, 1.807) is 30.3 Å². The number of phenolic OH excluding ortho intramolecular Hbond substituents is 2. The number of ether oxygens (including phenoxy) is 1. The van der Waals surface area contributed by atoms with Gasteiger partial charge in [0.2, 0.25) is 5.78 Å². The van der Waals surface area contributed by atoms with E-state index in [1.807, 2.05) is 6.92 Å². The second kappa shape index (κ2) is 5.87. The van der Waals surface area contributed by atoms with E-state index in [0.717, 1.165) is 19.3 Å². The molecule has 1 aliphatic heterocycles. The minimum Gasteiger partial charge on any atom is -0.507 e. The summed E-state index contributed by atoms with van der Waals surface area (Å²) >= 11 is 0. The summed E-state index contributed by atoms with van der Waals surface area (Å²) in [7, 11) is 0. The van der Waals surface area contributed by atoms with Crippen molar-refractivity contribution in [3.05, 3.63) is 52.6 Å². The Bertz CT molecular complexity index is 903. The fourth-order valence-electron chi connectivity index (χ4n) is 4.28. The van der Waals surface area contributed by atoms with Gasteiger partial charge in [-0.05, 0) is 32.6 Å². The van der Waals surface area contributed by atoms with Crippen LogP contribution in [0.15, 0.2) is 30.3 Å². The van der Waals surface area contributed by atoms with Crippen molar-refractivity contribution in [2.45, 2.75) is 38.2 Å². The molecule has 0 amide bonds. The van der Waals surface area contributed by atoms with Crippen LogP contribution in [-0.4, -0.2) is 27.9 Å². The smallest absolute Gasteiger partial charge is 0.200 e. The van der Waals surface area contributed by atoms with Crippen molar-refractivity contribution in [2.75, 3.05) is 0 Å². The first kappa shape index (κ1) is 16.6. The van der Waals surface area contributed by atoms with Crippen molar-refractivity contribution in [3.8, 4) is 17.2 Å². The Morgan fingerprint density at radius 1 is 1.23 bits per heavy atom. The summed E-state index contributed by atoms with van der Waals surface area (Å²) in [6.45, 7) is 2.00. The van der Waals surface area contributed by atoms with Gasteiger partial charge >= 0.3 is 0 Å². The van der Waals surface area contributed by atoms with Crippen LogP contribution in [0, 0.1) is 5.92 Å². The molecule has 0 radical (unpaired) electrons. The Hall–Kier alpha value is -2.82. The number of hydrogen-bond donors (Lipinski definition) is 2. The standard InChI is InChI=1S/C21H20O5/c1-21-9-5-8-13(21)10-14-18(24)16(17(23)12-6-3-2-4-7-12)19(25)15(11-22)20(14)26-21/h2-4,6-7,11,13,24-25H,5,8-10H2,1H3. The topological polar surface area (TPSA) is 83.8 Å². The van der Waals surface area contributed by atoms with E-state index in [0.29, 0.717) is 23.8 Å². The van der Waals surface area contributed by atoms with E-state index < -0.39 is 17.1 Å². The molecular formula is C21H20O5. The third-order valence-electron chi connectivity index (χ3n) is 5.79. The first-order chi connectivity index (χ1) is 12.5. The fraction of sp³-hybridized carbons (Fsp3) is 0.333. The molecule has 5 heteroatoms. The first-order valence-corrected chi connectivity index (χ1v) is 8.81. The summed E-state index contributed by atoms with van der Waals surface area (Å²) in [5.41, 5.74) is 0.0611. The molecule has 5 nitrogen and oxygen atoms in total. The van der Waals surface area contributed by atoms with Crippen molar-refractivity contribution in [2.24, 2.45) is 5.92 Å². The van der Waals surface area contributed by atoms with Crippen molar-refractivity contribution >= 4 is 12.1 Å². The van der Waals surface area contributed by atoms with Gasteiger partial charge in [0, 0.05) is 17.0 Å². The highest BCUT2D eigenvalue weighted by Gasteiger charge is 2.47. The van der Waals surface area contributed by atoms with Crippen LogP contribution in [0.4, 0.5) is 0 Å². The maximum atomic E-state index is 12.9. The van der Waals surface area contributed by atoms with E-state index in [9.17, 15) is 19.8 Å². The van der Waals surface area contributed by atoms with Crippen LogP contribution < -0.4 is 4.74 Å². The van der Waals surface area contributed by atoms with Gasteiger partial charge in [0.05, 0.1) is 5.56 Å². The quantitative estimate of drug-likeness (QED) is 0.651. The SMILES string of the molecule is CC12CCCC1Cc1c(O)c(C(=O)c3ccccc3)c(O)c(C=O)c1O2.